The third kappa shape index (κ3) is 6.24. The monoisotopic (exact) mass is 180 g/mol. The molecule has 12 heavy (non-hydrogen) atoms. The van der Waals surface area contributed by atoms with Crippen molar-refractivity contribution in [3.63, 3.8) is 0 Å². The Balaban J connectivity index is 0.000000261. The summed E-state index contributed by atoms with van der Waals surface area (Å²) < 4.78 is 4.83. The second-order valence-electron chi connectivity index (χ2n) is 2.22. The number of para-hydroxylation sites is 1. The van der Waals surface area contributed by atoms with Crippen LogP contribution in [0.2, 0.25) is 6.32 Å². The van der Waals surface area contributed by atoms with E-state index in [0.29, 0.717) is 0 Å². The molecule has 0 bridgehead atoms. The Morgan fingerprint density at radius 1 is 1.33 bits per heavy atom. The Labute approximate surface area is 78.2 Å². The molecule has 0 N–H and O–H groups in total. The van der Waals surface area contributed by atoms with Crippen LogP contribution in [0.25, 0.3) is 0 Å². The molecule has 0 amide bonds. The van der Waals surface area contributed by atoms with Gasteiger partial charge in [-0.3, -0.25) is 0 Å². The normalized spacial score (nSPS) is 8.17. The summed E-state index contributed by atoms with van der Waals surface area (Å²) in [5.41, 5.74) is 0. The fourth-order valence-electron chi connectivity index (χ4n) is 0.499. The molecule has 0 aromatic heterocycles. The minimum absolute atomic E-state index is 0.819. The smallest absolute Gasteiger partial charge is 0.122 e. The van der Waals surface area contributed by atoms with E-state index in [9.17, 15) is 0 Å². The quantitative estimate of drug-likeness (QED) is 0.502. The summed E-state index contributed by atoms with van der Waals surface area (Å²) in [4.78, 5) is 0. The van der Waals surface area contributed by atoms with E-state index in [2.05, 4.69) is 16.4 Å². The number of rotatable bonds is 2. The molecule has 0 heterocycles. The van der Waals surface area contributed by atoms with Gasteiger partial charge in [0.1, 0.15) is 5.75 Å². The van der Waals surface area contributed by atoms with Crippen molar-refractivity contribution in [2.45, 2.75) is 19.7 Å². The predicted octanol–water partition coefficient (Wildman–Crippen LogP) is 2.84. The van der Waals surface area contributed by atoms with Crippen LogP contribution in [0, 0.1) is 0 Å². The van der Waals surface area contributed by atoms with E-state index < -0.39 is 0 Å². The maximum absolute atomic E-state index is 5.03. The molecule has 3 heteroatoms. The number of benzene rings is 1. The lowest BCUT2D eigenvalue weighted by atomic mass is 10.0. The van der Waals surface area contributed by atoms with Crippen LogP contribution in [0.5, 0.6) is 5.75 Å². The first-order chi connectivity index (χ1) is 5.85. The molecule has 1 aromatic rings. The summed E-state index contributed by atoms with van der Waals surface area (Å²) >= 11 is 0. The van der Waals surface area contributed by atoms with E-state index in [1.54, 1.807) is 0 Å². The average Bonchev–Trinajstić information content (AvgIpc) is 2.19. The van der Waals surface area contributed by atoms with E-state index in [1.807, 2.05) is 30.3 Å². The molecular weight excluding hydrogens is 166 g/mol. The number of hydrogen-bond donors (Lipinski definition) is 0. The van der Waals surface area contributed by atoms with Crippen molar-refractivity contribution in [2.75, 3.05) is 0 Å². The van der Waals surface area contributed by atoms with Crippen molar-refractivity contribution in [2.24, 2.45) is 0 Å². The van der Waals surface area contributed by atoms with Gasteiger partial charge in [-0.1, -0.05) is 37.9 Å². The lowest BCUT2D eigenvalue weighted by Gasteiger charge is -1.93. The van der Waals surface area contributed by atoms with Crippen molar-refractivity contribution in [3.05, 3.63) is 30.3 Å². The number of hydrogen-bond acceptors (Lipinski definition) is 1. The first-order valence-electron chi connectivity index (χ1n) is 3.97. The summed E-state index contributed by atoms with van der Waals surface area (Å²) in [6, 6.07) is 9.60. The molecule has 1 nitrogen and oxygen atoms in total. The van der Waals surface area contributed by atoms with Gasteiger partial charge < -0.3 is 4.52 Å². The van der Waals surface area contributed by atoms with Gasteiger partial charge in [-0.2, -0.15) is 0 Å². The van der Waals surface area contributed by atoms with Crippen LogP contribution >= 0.6 is 9.47 Å². The lowest BCUT2D eigenvalue weighted by molar-refractivity contribution is 0.646. The predicted molar refractivity (Wildman–Crippen MR) is 57.6 cm³/mol. The van der Waals surface area contributed by atoms with Gasteiger partial charge >= 0.3 is 0 Å². The highest BCUT2D eigenvalue weighted by atomic mass is 31.0. The summed E-state index contributed by atoms with van der Waals surface area (Å²) in [5, 5.41) is 0. The second-order valence-corrected chi connectivity index (χ2v) is 2.46. The van der Waals surface area contributed by atoms with E-state index in [1.165, 1.54) is 0 Å². The second kappa shape index (κ2) is 8.61. The van der Waals surface area contributed by atoms with E-state index in [4.69, 9.17) is 12.4 Å². The topological polar surface area (TPSA) is 9.23 Å². The zero-order chi connectivity index (χ0) is 9.23. The molecule has 0 aliphatic rings. The van der Waals surface area contributed by atoms with Gasteiger partial charge in [0, 0.05) is 0 Å². The van der Waals surface area contributed by atoms with Crippen LogP contribution in [0.3, 0.4) is 0 Å². The van der Waals surface area contributed by atoms with Crippen LogP contribution in [0.1, 0.15) is 13.3 Å². The highest BCUT2D eigenvalue weighted by Crippen LogP contribution is 2.09. The summed E-state index contributed by atoms with van der Waals surface area (Å²) in [6.45, 7) is 2.06. The molecule has 0 aliphatic carbocycles. The first kappa shape index (κ1) is 11.5. The van der Waals surface area contributed by atoms with Gasteiger partial charge in [0.2, 0.25) is 0 Å². The Bertz CT molecular complexity index is 177. The van der Waals surface area contributed by atoms with Crippen molar-refractivity contribution < 1.29 is 4.52 Å². The molecule has 0 spiro atoms. The third-order valence-corrected chi connectivity index (χ3v) is 1.44. The van der Waals surface area contributed by atoms with Gasteiger partial charge in [0.05, 0.1) is 17.3 Å². The van der Waals surface area contributed by atoms with E-state index in [-0.39, 0.29) is 0 Å². The lowest BCUT2D eigenvalue weighted by Crippen LogP contribution is -1.68. The minimum Gasteiger partial charge on any atom is -0.480 e. The maximum atomic E-state index is 5.03. The molecule has 0 aliphatic heterocycles. The molecule has 0 fully saturated rings. The Hall–Kier alpha value is -0.485. The first-order valence-corrected chi connectivity index (χ1v) is 4.44. The van der Waals surface area contributed by atoms with E-state index in [0.717, 1.165) is 18.5 Å². The standard InChI is InChI=1S/C6H7OP.C3H7B/c8-7-6-4-2-1-3-5-6;1-2-3-4/h1-5H,8H2;2-3H2,1H3. The van der Waals surface area contributed by atoms with Crippen molar-refractivity contribution in [3.8, 4) is 5.75 Å². The van der Waals surface area contributed by atoms with Gasteiger partial charge in [0.25, 0.3) is 0 Å². The Morgan fingerprint density at radius 2 is 1.83 bits per heavy atom. The van der Waals surface area contributed by atoms with Crippen molar-refractivity contribution >= 4 is 17.3 Å². The largest absolute Gasteiger partial charge is 0.480 e. The summed E-state index contributed by atoms with van der Waals surface area (Å²) in [6.07, 6.45) is 1.92. The van der Waals surface area contributed by atoms with Crippen molar-refractivity contribution in [1.82, 2.24) is 0 Å². The van der Waals surface area contributed by atoms with Gasteiger partial charge in [-0.15, -0.1) is 0 Å². The highest BCUT2D eigenvalue weighted by molar-refractivity contribution is 7.10. The van der Waals surface area contributed by atoms with Crippen LogP contribution in [-0.2, 0) is 0 Å². The Morgan fingerprint density at radius 3 is 2.08 bits per heavy atom. The van der Waals surface area contributed by atoms with Crippen LogP contribution in [0.15, 0.2) is 30.3 Å². The molecular formula is C9H14BOP. The van der Waals surface area contributed by atoms with Gasteiger partial charge in [-0.05, 0) is 12.1 Å². The SMILES string of the molecule is POc1ccccc1.[B]CCC. The molecule has 1 aromatic carbocycles. The van der Waals surface area contributed by atoms with Crippen LogP contribution in [0.4, 0.5) is 0 Å². The fourth-order valence-corrected chi connectivity index (χ4v) is 0.656. The zero-order valence-electron chi connectivity index (χ0n) is 7.36. The maximum Gasteiger partial charge on any atom is 0.122 e. The fraction of sp³-hybridized carbons (Fsp3) is 0.333. The zero-order valence-corrected chi connectivity index (χ0v) is 8.52. The molecule has 0 saturated heterocycles. The molecule has 2 radical (unpaired) electrons. The minimum atomic E-state index is 0.819. The third-order valence-electron chi connectivity index (χ3n) is 1.17. The molecule has 64 valence electrons. The van der Waals surface area contributed by atoms with Gasteiger partial charge in [0.15, 0.2) is 0 Å². The molecule has 1 unspecified atom stereocenters. The average molecular weight is 180 g/mol. The van der Waals surface area contributed by atoms with Gasteiger partial charge in [-0.25, -0.2) is 0 Å². The van der Waals surface area contributed by atoms with E-state index >= 15 is 0 Å². The summed E-state index contributed by atoms with van der Waals surface area (Å²) in [7, 11) is 7.22. The highest BCUT2D eigenvalue weighted by Gasteiger charge is 1.80. The van der Waals surface area contributed by atoms with Crippen LogP contribution < -0.4 is 4.52 Å². The Kier molecular flexibility index (Phi) is 8.26. The molecule has 0 saturated carbocycles. The molecule has 1 atom stereocenters. The van der Waals surface area contributed by atoms with Crippen LogP contribution in [-0.4, -0.2) is 7.85 Å². The van der Waals surface area contributed by atoms with Crippen molar-refractivity contribution in [1.29, 1.82) is 0 Å². The summed E-state index contributed by atoms with van der Waals surface area (Å²) in [5.74, 6) is 0.873. The molecule has 1 rings (SSSR count).